The Balaban J connectivity index is 2.14. The summed E-state index contributed by atoms with van der Waals surface area (Å²) in [5.41, 5.74) is 1.03. The summed E-state index contributed by atoms with van der Waals surface area (Å²) in [6.45, 7) is -2.85. The van der Waals surface area contributed by atoms with Crippen LogP contribution in [0.3, 0.4) is 0 Å². The van der Waals surface area contributed by atoms with Gasteiger partial charge in [-0.1, -0.05) is 6.07 Å². The van der Waals surface area contributed by atoms with E-state index in [1.807, 2.05) is 0 Å². The fraction of sp³-hybridized carbons (Fsp3) is 0.133. The largest absolute Gasteiger partial charge is 0.504 e. The Morgan fingerprint density at radius 2 is 1.86 bits per heavy atom. The number of halogens is 2. The molecule has 0 amide bonds. The molecule has 0 aliphatic rings. The lowest BCUT2D eigenvalue weighted by molar-refractivity contribution is -0.0498. The van der Waals surface area contributed by atoms with E-state index in [0.717, 1.165) is 0 Å². The molecule has 0 saturated heterocycles. The molecule has 2 aromatic carbocycles. The van der Waals surface area contributed by atoms with Crippen LogP contribution in [0.5, 0.6) is 17.2 Å². The van der Waals surface area contributed by atoms with Crippen LogP contribution in [0.15, 0.2) is 47.5 Å². The highest BCUT2D eigenvalue weighted by molar-refractivity contribution is 5.86. The molecule has 2 rings (SSSR count). The third-order valence-electron chi connectivity index (χ3n) is 2.66. The highest BCUT2D eigenvalue weighted by Gasteiger charge is 2.05. The number of phenolic OH excluding ortho intramolecular Hbond substituents is 1. The van der Waals surface area contributed by atoms with Gasteiger partial charge in [-0.05, 0) is 36.4 Å². The average Bonchev–Trinajstić information content (AvgIpc) is 2.47. The van der Waals surface area contributed by atoms with E-state index in [1.165, 1.54) is 37.6 Å². The summed E-state index contributed by atoms with van der Waals surface area (Å²) < 4.78 is 33.3. The second kappa shape index (κ2) is 6.69. The molecule has 21 heavy (non-hydrogen) atoms. The quantitative estimate of drug-likeness (QED) is 0.854. The van der Waals surface area contributed by atoms with Gasteiger partial charge in [-0.25, -0.2) is 0 Å². The molecule has 0 fully saturated rings. The summed E-state index contributed by atoms with van der Waals surface area (Å²) in [5.74, 6) is 0.397. The number of methoxy groups -OCH3 is 1. The number of aromatic hydroxyl groups is 1. The average molecular weight is 293 g/mol. The van der Waals surface area contributed by atoms with Crippen LogP contribution in [-0.2, 0) is 0 Å². The van der Waals surface area contributed by atoms with Crippen molar-refractivity contribution in [3.05, 3.63) is 48.0 Å². The number of alkyl halides is 2. The molecule has 1 N–H and O–H groups in total. The van der Waals surface area contributed by atoms with Gasteiger partial charge >= 0.3 is 6.61 Å². The second-order valence-electron chi connectivity index (χ2n) is 4.03. The lowest BCUT2D eigenvalue weighted by atomic mass is 10.2. The number of nitrogens with zero attached hydrogens (tertiary/aromatic N) is 1. The molecule has 0 bridgehead atoms. The standard InChI is InChI=1S/C15H13F2NO3/c1-20-13-4-2-3-10(14(13)19)9-18-11-5-7-12(8-6-11)21-15(16)17/h2-9,15,19H,1H3. The first kappa shape index (κ1) is 14.8. The van der Waals surface area contributed by atoms with E-state index in [1.54, 1.807) is 18.2 Å². The molecule has 0 aromatic heterocycles. The molecule has 0 aliphatic carbocycles. The molecule has 0 heterocycles. The third-order valence-corrected chi connectivity index (χ3v) is 2.66. The minimum Gasteiger partial charge on any atom is -0.504 e. The summed E-state index contributed by atoms with van der Waals surface area (Å²) in [5, 5.41) is 9.89. The molecule has 0 saturated carbocycles. The first-order valence-electron chi connectivity index (χ1n) is 6.05. The molecular formula is C15H13F2NO3. The molecule has 0 aliphatic heterocycles. The number of aliphatic imine (C=N–C) groups is 1. The Hall–Kier alpha value is -2.63. The first-order chi connectivity index (χ1) is 10.1. The van der Waals surface area contributed by atoms with Crippen molar-refractivity contribution in [2.45, 2.75) is 6.61 Å². The highest BCUT2D eigenvalue weighted by Crippen LogP contribution is 2.28. The molecule has 0 spiro atoms. The molecule has 6 heteroatoms. The van der Waals surface area contributed by atoms with Gasteiger partial charge < -0.3 is 14.6 Å². The van der Waals surface area contributed by atoms with Gasteiger partial charge in [0.2, 0.25) is 0 Å². The molecule has 0 radical (unpaired) electrons. The molecular weight excluding hydrogens is 280 g/mol. The predicted octanol–water partition coefficient (Wildman–Crippen LogP) is 3.75. The fourth-order valence-electron chi connectivity index (χ4n) is 1.67. The van der Waals surface area contributed by atoms with Gasteiger partial charge in [-0.3, -0.25) is 4.99 Å². The molecule has 0 unspecified atom stereocenters. The van der Waals surface area contributed by atoms with Gasteiger partial charge in [-0.2, -0.15) is 8.78 Å². The van der Waals surface area contributed by atoms with Crippen molar-refractivity contribution in [1.82, 2.24) is 0 Å². The van der Waals surface area contributed by atoms with Crippen LogP contribution in [0.1, 0.15) is 5.56 Å². The minimum absolute atomic E-state index is 0.0126. The van der Waals surface area contributed by atoms with E-state index in [0.29, 0.717) is 17.0 Å². The molecule has 4 nitrogen and oxygen atoms in total. The zero-order chi connectivity index (χ0) is 15.2. The van der Waals surface area contributed by atoms with Gasteiger partial charge in [0, 0.05) is 11.8 Å². The van der Waals surface area contributed by atoms with Crippen molar-refractivity contribution < 1.29 is 23.4 Å². The Bertz CT molecular complexity index is 627. The predicted molar refractivity (Wildman–Crippen MR) is 75.0 cm³/mol. The minimum atomic E-state index is -2.85. The van der Waals surface area contributed by atoms with Crippen molar-refractivity contribution >= 4 is 11.9 Å². The lowest BCUT2D eigenvalue weighted by Gasteiger charge is -2.05. The van der Waals surface area contributed by atoms with E-state index in [-0.39, 0.29) is 11.5 Å². The second-order valence-corrected chi connectivity index (χ2v) is 4.03. The van der Waals surface area contributed by atoms with E-state index in [9.17, 15) is 13.9 Å². The van der Waals surface area contributed by atoms with Crippen molar-refractivity contribution in [3.8, 4) is 17.2 Å². The number of ether oxygens (including phenoxy) is 2. The maximum atomic E-state index is 12.0. The van der Waals surface area contributed by atoms with Crippen LogP contribution in [0.4, 0.5) is 14.5 Å². The number of para-hydroxylation sites is 1. The molecule has 110 valence electrons. The van der Waals surface area contributed by atoms with E-state index in [4.69, 9.17) is 4.74 Å². The van der Waals surface area contributed by atoms with Gasteiger partial charge in [-0.15, -0.1) is 0 Å². The van der Waals surface area contributed by atoms with Gasteiger partial charge in [0.15, 0.2) is 11.5 Å². The van der Waals surface area contributed by atoms with Crippen LogP contribution >= 0.6 is 0 Å². The van der Waals surface area contributed by atoms with Crippen LogP contribution in [-0.4, -0.2) is 25.0 Å². The Morgan fingerprint density at radius 3 is 2.48 bits per heavy atom. The summed E-state index contributed by atoms with van der Waals surface area (Å²) in [4.78, 5) is 4.15. The fourth-order valence-corrected chi connectivity index (χ4v) is 1.67. The number of phenols is 1. The van der Waals surface area contributed by atoms with Crippen molar-refractivity contribution in [3.63, 3.8) is 0 Å². The van der Waals surface area contributed by atoms with Gasteiger partial charge in [0.05, 0.1) is 12.8 Å². The zero-order valence-electron chi connectivity index (χ0n) is 11.2. The van der Waals surface area contributed by atoms with Crippen molar-refractivity contribution in [2.75, 3.05) is 7.11 Å². The normalized spacial score (nSPS) is 11.0. The number of hydrogen-bond acceptors (Lipinski definition) is 4. The number of benzene rings is 2. The van der Waals surface area contributed by atoms with Crippen LogP contribution in [0, 0.1) is 0 Å². The van der Waals surface area contributed by atoms with E-state index < -0.39 is 6.61 Å². The van der Waals surface area contributed by atoms with Crippen LogP contribution in [0.25, 0.3) is 0 Å². The lowest BCUT2D eigenvalue weighted by Crippen LogP contribution is -2.01. The third kappa shape index (κ3) is 3.92. The smallest absolute Gasteiger partial charge is 0.387 e. The summed E-state index contributed by atoms with van der Waals surface area (Å²) in [6.07, 6.45) is 1.46. The van der Waals surface area contributed by atoms with Gasteiger partial charge in [0.1, 0.15) is 5.75 Å². The van der Waals surface area contributed by atoms with E-state index >= 15 is 0 Å². The summed E-state index contributed by atoms with van der Waals surface area (Å²) in [7, 11) is 1.46. The number of hydrogen-bond donors (Lipinski definition) is 1. The maximum absolute atomic E-state index is 12.0. The monoisotopic (exact) mass is 293 g/mol. The van der Waals surface area contributed by atoms with Crippen LogP contribution in [0.2, 0.25) is 0 Å². The van der Waals surface area contributed by atoms with Crippen LogP contribution < -0.4 is 9.47 Å². The number of rotatable bonds is 5. The Morgan fingerprint density at radius 1 is 1.14 bits per heavy atom. The Kier molecular flexibility index (Phi) is 4.71. The van der Waals surface area contributed by atoms with Gasteiger partial charge in [0.25, 0.3) is 0 Å². The highest BCUT2D eigenvalue weighted by atomic mass is 19.3. The topological polar surface area (TPSA) is 51.0 Å². The zero-order valence-corrected chi connectivity index (χ0v) is 11.2. The maximum Gasteiger partial charge on any atom is 0.387 e. The molecule has 2 aromatic rings. The summed E-state index contributed by atoms with van der Waals surface area (Å²) >= 11 is 0. The van der Waals surface area contributed by atoms with Crippen molar-refractivity contribution in [2.24, 2.45) is 4.99 Å². The summed E-state index contributed by atoms with van der Waals surface area (Å²) in [6, 6.07) is 10.9. The SMILES string of the molecule is COc1cccc(C=Nc2ccc(OC(F)F)cc2)c1O. The van der Waals surface area contributed by atoms with Crippen molar-refractivity contribution in [1.29, 1.82) is 0 Å². The first-order valence-corrected chi connectivity index (χ1v) is 6.05. The Labute approximate surface area is 120 Å². The molecule has 0 atom stereocenters. The van der Waals surface area contributed by atoms with E-state index in [2.05, 4.69) is 9.73 Å².